The first-order valence-electron chi connectivity index (χ1n) is 14.6. The minimum atomic E-state index is -4.19. The summed E-state index contributed by atoms with van der Waals surface area (Å²) in [6.45, 7) is 5.07. The van der Waals surface area contributed by atoms with Crippen molar-refractivity contribution >= 4 is 39.1 Å². The third-order valence-corrected chi connectivity index (χ3v) is 9.91. The molecule has 0 radical (unpaired) electrons. The van der Waals surface area contributed by atoms with Crippen LogP contribution in [-0.4, -0.2) is 50.9 Å². The van der Waals surface area contributed by atoms with E-state index in [2.05, 4.69) is 5.32 Å². The Morgan fingerprint density at radius 3 is 2.37 bits per heavy atom. The maximum Gasteiger partial charge on any atom is 0.264 e. The van der Waals surface area contributed by atoms with Crippen molar-refractivity contribution in [3.05, 3.63) is 88.4 Å². The fraction of sp³-hybridized carbons (Fsp3) is 0.394. The topological polar surface area (TPSA) is 96.0 Å². The number of amides is 2. The second-order valence-electron chi connectivity index (χ2n) is 11.0. The van der Waals surface area contributed by atoms with Gasteiger partial charge in [-0.3, -0.25) is 13.9 Å². The van der Waals surface area contributed by atoms with E-state index in [0.29, 0.717) is 28.4 Å². The Kier molecular flexibility index (Phi) is 10.7. The van der Waals surface area contributed by atoms with Gasteiger partial charge in [-0.15, -0.1) is 0 Å². The van der Waals surface area contributed by atoms with Crippen LogP contribution in [0.5, 0.6) is 5.75 Å². The van der Waals surface area contributed by atoms with Crippen molar-refractivity contribution in [1.82, 2.24) is 10.2 Å². The van der Waals surface area contributed by atoms with Crippen LogP contribution >= 0.6 is 11.6 Å². The van der Waals surface area contributed by atoms with Gasteiger partial charge < -0.3 is 15.0 Å². The molecule has 1 aliphatic carbocycles. The smallest absolute Gasteiger partial charge is 0.264 e. The number of carbonyl (C=O) groups excluding carboxylic acids is 2. The highest BCUT2D eigenvalue weighted by Gasteiger charge is 2.35. The quantitative estimate of drug-likeness (QED) is 0.265. The molecule has 0 unspecified atom stereocenters. The van der Waals surface area contributed by atoms with Gasteiger partial charge in [0.1, 0.15) is 18.3 Å². The minimum Gasteiger partial charge on any atom is -0.497 e. The number of nitrogens with zero attached hydrogens (tertiary/aromatic N) is 2. The van der Waals surface area contributed by atoms with Crippen molar-refractivity contribution < 1.29 is 22.7 Å². The van der Waals surface area contributed by atoms with Gasteiger partial charge in [0, 0.05) is 17.6 Å². The van der Waals surface area contributed by atoms with Crippen LogP contribution in [0.2, 0.25) is 5.02 Å². The van der Waals surface area contributed by atoms with Crippen LogP contribution < -0.4 is 14.4 Å². The average Bonchev–Trinajstić information content (AvgIpc) is 3.50. The van der Waals surface area contributed by atoms with E-state index in [0.717, 1.165) is 41.1 Å². The summed E-state index contributed by atoms with van der Waals surface area (Å²) in [7, 11) is -2.62. The van der Waals surface area contributed by atoms with Crippen molar-refractivity contribution in [2.45, 2.75) is 76.4 Å². The number of carbonyl (C=O) groups is 2. The van der Waals surface area contributed by atoms with Gasteiger partial charge in [-0.1, -0.05) is 67.3 Å². The fourth-order valence-electron chi connectivity index (χ4n) is 5.46. The van der Waals surface area contributed by atoms with E-state index in [1.54, 1.807) is 50.4 Å². The standard InChI is InChI=1S/C33H40ClN3O5S/c1-5-30(33(39)35-27-10-6-7-11-27)36(21-25-9-8-12-28(19-25)42-4)32(38)22-37(31-20-26(34)16-15-24(31)3)43(40,41)29-17-13-23(2)14-18-29/h8-9,12-20,27,30H,5-7,10-11,21-22H2,1-4H3,(H,35,39)/t30-/m0/s1. The van der Waals surface area contributed by atoms with E-state index in [-0.39, 0.29) is 23.4 Å². The number of nitrogens with one attached hydrogen (secondary N) is 1. The highest BCUT2D eigenvalue weighted by atomic mass is 35.5. The van der Waals surface area contributed by atoms with E-state index in [1.165, 1.54) is 17.0 Å². The molecule has 43 heavy (non-hydrogen) atoms. The lowest BCUT2D eigenvalue weighted by molar-refractivity contribution is -0.140. The lowest BCUT2D eigenvalue weighted by Crippen LogP contribution is -2.53. The lowest BCUT2D eigenvalue weighted by atomic mass is 10.1. The van der Waals surface area contributed by atoms with Gasteiger partial charge in [0.2, 0.25) is 11.8 Å². The molecule has 0 bridgehead atoms. The van der Waals surface area contributed by atoms with Gasteiger partial charge in [-0.25, -0.2) is 8.42 Å². The first-order valence-corrected chi connectivity index (χ1v) is 16.4. The molecular weight excluding hydrogens is 586 g/mol. The normalized spacial score (nSPS) is 14.3. The van der Waals surface area contributed by atoms with E-state index in [9.17, 15) is 18.0 Å². The summed E-state index contributed by atoms with van der Waals surface area (Å²) in [5.74, 6) is -0.129. The van der Waals surface area contributed by atoms with Gasteiger partial charge in [0.05, 0.1) is 17.7 Å². The summed E-state index contributed by atoms with van der Waals surface area (Å²) in [5, 5.41) is 3.47. The minimum absolute atomic E-state index is 0.0515. The molecule has 10 heteroatoms. The lowest BCUT2D eigenvalue weighted by Gasteiger charge is -2.34. The van der Waals surface area contributed by atoms with Crippen molar-refractivity contribution in [2.75, 3.05) is 18.0 Å². The highest BCUT2D eigenvalue weighted by molar-refractivity contribution is 7.92. The molecule has 3 aromatic carbocycles. The number of ether oxygens (including phenoxy) is 1. The van der Waals surface area contributed by atoms with Gasteiger partial charge in [0.25, 0.3) is 10.0 Å². The summed E-state index contributed by atoms with van der Waals surface area (Å²) in [4.78, 5) is 29.5. The SMILES string of the molecule is CC[C@@H](C(=O)NC1CCCC1)N(Cc1cccc(OC)c1)C(=O)CN(c1cc(Cl)ccc1C)S(=O)(=O)c1ccc(C)cc1. The van der Waals surface area contributed by atoms with Crippen molar-refractivity contribution in [2.24, 2.45) is 0 Å². The van der Waals surface area contributed by atoms with E-state index in [1.807, 2.05) is 32.0 Å². The molecule has 4 rings (SSSR count). The zero-order valence-corrected chi connectivity index (χ0v) is 26.7. The first-order chi connectivity index (χ1) is 20.5. The number of rotatable bonds is 12. The predicted octanol–water partition coefficient (Wildman–Crippen LogP) is 6.03. The van der Waals surface area contributed by atoms with Crippen LogP contribution in [-0.2, 0) is 26.2 Å². The molecule has 1 N–H and O–H groups in total. The number of halogens is 1. The second kappa shape index (κ2) is 14.3. The Morgan fingerprint density at radius 1 is 1.02 bits per heavy atom. The molecule has 0 spiro atoms. The van der Waals surface area contributed by atoms with Crippen LogP contribution in [0.4, 0.5) is 5.69 Å². The van der Waals surface area contributed by atoms with E-state index >= 15 is 0 Å². The summed E-state index contributed by atoms with van der Waals surface area (Å²) in [6, 6.07) is 18.0. The molecule has 1 atom stereocenters. The van der Waals surface area contributed by atoms with Crippen molar-refractivity contribution in [3.8, 4) is 5.75 Å². The first kappa shape index (κ1) is 32.4. The molecule has 1 aliphatic rings. The Hall–Kier alpha value is -3.56. The fourth-order valence-corrected chi connectivity index (χ4v) is 7.09. The molecule has 1 fully saturated rings. The van der Waals surface area contributed by atoms with E-state index < -0.39 is 28.5 Å². The van der Waals surface area contributed by atoms with Crippen molar-refractivity contribution in [3.63, 3.8) is 0 Å². The number of benzene rings is 3. The summed E-state index contributed by atoms with van der Waals surface area (Å²) in [6.07, 6.45) is 4.28. The molecule has 8 nitrogen and oxygen atoms in total. The largest absolute Gasteiger partial charge is 0.497 e. The monoisotopic (exact) mass is 625 g/mol. The van der Waals surface area contributed by atoms with Gasteiger partial charge >= 0.3 is 0 Å². The highest BCUT2D eigenvalue weighted by Crippen LogP contribution is 2.30. The molecule has 230 valence electrons. The van der Waals surface area contributed by atoms with Crippen LogP contribution in [0.1, 0.15) is 55.7 Å². The van der Waals surface area contributed by atoms with Gasteiger partial charge in [0.15, 0.2) is 0 Å². The molecule has 0 saturated heterocycles. The maximum absolute atomic E-state index is 14.3. The maximum atomic E-state index is 14.3. The molecule has 3 aromatic rings. The van der Waals surface area contributed by atoms with Crippen LogP contribution in [0.3, 0.4) is 0 Å². The number of hydrogen-bond donors (Lipinski definition) is 1. The summed E-state index contributed by atoms with van der Waals surface area (Å²) >= 11 is 6.33. The van der Waals surface area contributed by atoms with Gasteiger partial charge in [-0.2, -0.15) is 0 Å². The third-order valence-electron chi connectivity index (χ3n) is 7.90. The molecule has 0 aliphatic heterocycles. The second-order valence-corrected chi connectivity index (χ2v) is 13.3. The number of sulfonamides is 1. The molecule has 2 amide bonds. The number of aryl methyl sites for hydroxylation is 2. The Morgan fingerprint density at radius 2 is 1.72 bits per heavy atom. The zero-order chi connectivity index (χ0) is 31.1. The third kappa shape index (κ3) is 7.89. The van der Waals surface area contributed by atoms with Crippen molar-refractivity contribution in [1.29, 1.82) is 0 Å². The van der Waals surface area contributed by atoms with Gasteiger partial charge in [-0.05, 0) is 80.6 Å². The Balaban J connectivity index is 1.75. The molecule has 0 aromatic heterocycles. The average molecular weight is 626 g/mol. The Bertz CT molecular complexity index is 1540. The summed E-state index contributed by atoms with van der Waals surface area (Å²) in [5.41, 5.74) is 2.60. The molecule has 1 saturated carbocycles. The Labute approximate surface area is 260 Å². The zero-order valence-electron chi connectivity index (χ0n) is 25.2. The summed E-state index contributed by atoms with van der Waals surface area (Å²) < 4.78 is 34.7. The van der Waals surface area contributed by atoms with Crippen LogP contribution in [0, 0.1) is 13.8 Å². The van der Waals surface area contributed by atoms with E-state index in [4.69, 9.17) is 16.3 Å². The van der Waals surface area contributed by atoms with Crippen LogP contribution in [0.25, 0.3) is 0 Å². The number of hydrogen-bond acceptors (Lipinski definition) is 5. The number of methoxy groups -OCH3 is 1. The molecule has 0 heterocycles. The van der Waals surface area contributed by atoms with Crippen LogP contribution in [0.15, 0.2) is 71.6 Å². The predicted molar refractivity (Wildman–Crippen MR) is 170 cm³/mol. The molecular formula is C33H40ClN3O5S. The number of anilines is 1.